The number of methoxy groups -OCH3 is 1. The largest absolute Gasteiger partial charge is 0.497 e. The van der Waals surface area contributed by atoms with Crippen molar-refractivity contribution < 1.29 is 4.74 Å². The molecule has 0 aliphatic carbocycles. The van der Waals surface area contributed by atoms with Gasteiger partial charge in [0.1, 0.15) is 5.75 Å². The molecule has 1 unspecified atom stereocenters. The molecule has 0 saturated carbocycles. The molecule has 0 fully saturated rings. The molecule has 0 heterocycles. The molecule has 0 bridgehead atoms. The molecule has 1 aromatic carbocycles. The second-order valence-corrected chi connectivity index (χ2v) is 6.36. The minimum absolute atomic E-state index is 0.658. The van der Waals surface area contributed by atoms with E-state index in [9.17, 15) is 0 Å². The average molecular weight is 291 g/mol. The van der Waals surface area contributed by atoms with Crippen LogP contribution in [0.15, 0.2) is 24.3 Å². The Kier molecular flexibility index (Phi) is 9.16. The SMILES string of the molecule is CCCNC(CCCC(C)C)CCc1ccc(OC)cc1. The lowest BCUT2D eigenvalue weighted by atomic mass is 9.98. The van der Waals surface area contributed by atoms with E-state index in [2.05, 4.69) is 50.4 Å². The van der Waals surface area contributed by atoms with Gasteiger partial charge in [0.05, 0.1) is 7.11 Å². The molecule has 0 aliphatic rings. The van der Waals surface area contributed by atoms with Gasteiger partial charge in [0.25, 0.3) is 0 Å². The van der Waals surface area contributed by atoms with Crippen LogP contribution >= 0.6 is 0 Å². The van der Waals surface area contributed by atoms with E-state index in [-0.39, 0.29) is 0 Å². The summed E-state index contributed by atoms with van der Waals surface area (Å²) in [5, 5.41) is 3.71. The van der Waals surface area contributed by atoms with E-state index in [0.29, 0.717) is 6.04 Å². The third-order valence-corrected chi connectivity index (χ3v) is 3.96. The van der Waals surface area contributed by atoms with Crippen LogP contribution in [0.5, 0.6) is 5.75 Å². The average Bonchev–Trinajstić information content (AvgIpc) is 2.49. The van der Waals surface area contributed by atoms with E-state index >= 15 is 0 Å². The molecular formula is C19H33NO. The Morgan fingerprint density at radius 2 is 1.76 bits per heavy atom. The molecule has 0 radical (unpaired) electrons. The van der Waals surface area contributed by atoms with Gasteiger partial charge in [0.2, 0.25) is 0 Å². The predicted octanol–water partition coefficient (Wildman–Crippen LogP) is 4.82. The third kappa shape index (κ3) is 8.11. The zero-order chi connectivity index (χ0) is 15.5. The molecule has 0 aromatic heterocycles. The van der Waals surface area contributed by atoms with Crippen molar-refractivity contribution in [3.05, 3.63) is 29.8 Å². The van der Waals surface area contributed by atoms with Crippen LogP contribution in [0.25, 0.3) is 0 Å². The Morgan fingerprint density at radius 3 is 2.33 bits per heavy atom. The van der Waals surface area contributed by atoms with Crippen LogP contribution in [0.1, 0.15) is 58.4 Å². The Balaban J connectivity index is 2.39. The number of rotatable bonds is 11. The van der Waals surface area contributed by atoms with Crippen LogP contribution in [0, 0.1) is 5.92 Å². The van der Waals surface area contributed by atoms with Gasteiger partial charge in [-0.2, -0.15) is 0 Å². The van der Waals surface area contributed by atoms with Gasteiger partial charge in [-0.15, -0.1) is 0 Å². The lowest BCUT2D eigenvalue weighted by Crippen LogP contribution is -2.30. The zero-order valence-corrected chi connectivity index (χ0v) is 14.3. The minimum Gasteiger partial charge on any atom is -0.497 e. The van der Waals surface area contributed by atoms with Crippen molar-refractivity contribution in [3.63, 3.8) is 0 Å². The highest BCUT2D eigenvalue weighted by atomic mass is 16.5. The summed E-state index contributed by atoms with van der Waals surface area (Å²) in [6.45, 7) is 7.99. The summed E-state index contributed by atoms with van der Waals surface area (Å²) >= 11 is 0. The molecule has 120 valence electrons. The first kappa shape index (κ1) is 18.0. The quantitative estimate of drug-likeness (QED) is 0.631. The summed E-state index contributed by atoms with van der Waals surface area (Å²) in [6, 6.07) is 9.14. The van der Waals surface area contributed by atoms with Gasteiger partial charge in [0.15, 0.2) is 0 Å². The molecule has 21 heavy (non-hydrogen) atoms. The van der Waals surface area contributed by atoms with Crippen molar-refractivity contribution >= 4 is 0 Å². The maximum Gasteiger partial charge on any atom is 0.118 e. The van der Waals surface area contributed by atoms with Gasteiger partial charge < -0.3 is 10.1 Å². The lowest BCUT2D eigenvalue weighted by molar-refractivity contribution is 0.413. The van der Waals surface area contributed by atoms with Crippen molar-refractivity contribution in [2.45, 2.75) is 65.3 Å². The van der Waals surface area contributed by atoms with Crippen molar-refractivity contribution in [1.82, 2.24) is 5.32 Å². The molecule has 1 N–H and O–H groups in total. The van der Waals surface area contributed by atoms with Gasteiger partial charge in [0, 0.05) is 6.04 Å². The highest BCUT2D eigenvalue weighted by molar-refractivity contribution is 5.27. The molecule has 0 saturated heterocycles. The van der Waals surface area contributed by atoms with E-state index in [0.717, 1.165) is 24.6 Å². The van der Waals surface area contributed by atoms with Crippen LogP contribution < -0.4 is 10.1 Å². The first-order valence-corrected chi connectivity index (χ1v) is 8.52. The Hall–Kier alpha value is -1.02. The molecule has 2 nitrogen and oxygen atoms in total. The van der Waals surface area contributed by atoms with E-state index in [1.807, 2.05) is 0 Å². The number of ether oxygens (including phenoxy) is 1. The second kappa shape index (κ2) is 10.7. The van der Waals surface area contributed by atoms with Crippen LogP contribution in [-0.2, 0) is 6.42 Å². The van der Waals surface area contributed by atoms with Crippen LogP contribution in [0.4, 0.5) is 0 Å². The van der Waals surface area contributed by atoms with Gasteiger partial charge in [-0.1, -0.05) is 45.7 Å². The normalized spacial score (nSPS) is 12.6. The third-order valence-electron chi connectivity index (χ3n) is 3.96. The van der Waals surface area contributed by atoms with Crippen molar-refractivity contribution in [2.75, 3.05) is 13.7 Å². The monoisotopic (exact) mass is 291 g/mol. The van der Waals surface area contributed by atoms with E-state index in [4.69, 9.17) is 4.74 Å². The van der Waals surface area contributed by atoms with E-state index in [1.54, 1.807) is 7.11 Å². The summed E-state index contributed by atoms with van der Waals surface area (Å²) in [7, 11) is 1.72. The number of hydrogen-bond acceptors (Lipinski definition) is 2. The fourth-order valence-electron chi connectivity index (χ4n) is 2.60. The lowest BCUT2D eigenvalue weighted by Gasteiger charge is -2.19. The van der Waals surface area contributed by atoms with Gasteiger partial charge in [-0.3, -0.25) is 0 Å². The van der Waals surface area contributed by atoms with Gasteiger partial charge >= 0.3 is 0 Å². The maximum absolute atomic E-state index is 5.21. The summed E-state index contributed by atoms with van der Waals surface area (Å²) in [5.74, 6) is 1.76. The van der Waals surface area contributed by atoms with Crippen LogP contribution in [-0.4, -0.2) is 19.7 Å². The first-order valence-electron chi connectivity index (χ1n) is 8.52. The molecule has 1 atom stereocenters. The molecule has 0 amide bonds. The van der Waals surface area contributed by atoms with Gasteiger partial charge in [-0.25, -0.2) is 0 Å². The number of benzene rings is 1. The predicted molar refractivity (Wildman–Crippen MR) is 92.1 cm³/mol. The number of aryl methyl sites for hydroxylation is 1. The molecule has 1 aromatic rings. The van der Waals surface area contributed by atoms with Crippen molar-refractivity contribution in [1.29, 1.82) is 0 Å². The molecule has 1 rings (SSSR count). The Morgan fingerprint density at radius 1 is 1.05 bits per heavy atom. The Labute approximate surface area is 131 Å². The summed E-state index contributed by atoms with van der Waals surface area (Å²) in [5.41, 5.74) is 1.41. The number of nitrogens with one attached hydrogen (secondary N) is 1. The summed E-state index contributed by atoms with van der Waals surface area (Å²) < 4.78 is 5.21. The molecule has 0 spiro atoms. The molecule has 2 heteroatoms. The molecule has 0 aliphatic heterocycles. The topological polar surface area (TPSA) is 21.3 Å². The smallest absolute Gasteiger partial charge is 0.118 e. The van der Waals surface area contributed by atoms with Gasteiger partial charge in [-0.05, 0) is 55.8 Å². The first-order chi connectivity index (χ1) is 10.2. The number of hydrogen-bond donors (Lipinski definition) is 1. The fourth-order valence-corrected chi connectivity index (χ4v) is 2.60. The highest BCUT2D eigenvalue weighted by Gasteiger charge is 2.08. The van der Waals surface area contributed by atoms with E-state index < -0.39 is 0 Å². The highest BCUT2D eigenvalue weighted by Crippen LogP contribution is 2.16. The fraction of sp³-hybridized carbons (Fsp3) is 0.684. The van der Waals surface area contributed by atoms with Crippen LogP contribution in [0.2, 0.25) is 0 Å². The Bertz CT molecular complexity index is 358. The maximum atomic E-state index is 5.21. The zero-order valence-electron chi connectivity index (χ0n) is 14.3. The summed E-state index contributed by atoms with van der Waals surface area (Å²) in [4.78, 5) is 0. The summed E-state index contributed by atoms with van der Waals surface area (Å²) in [6.07, 6.45) is 7.56. The minimum atomic E-state index is 0.658. The van der Waals surface area contributed by atoms with Crippen molar-refractivity contribution in [3.8, 4) is 5.75 Å². The van der Waals surface area contributed by atoms with Crippen LogP contribution in [0.3, 0.4) is 0 Å². The standard InChI is InChI=1S/C19H33NO/c1-5-15-20-18(8-6-7-16(2)3)12-9-17-10-13-19(21-4)14-11-17/h10-11,13-14,16,18,20H,5-9,12,15H2,1-4H3. The van der Waals surface area contributed by atoms with E-state index in [1.165, 1.54) is 37.7 Å². The molecular weight excluding hydrogens is 258 g/mol. The van der Waals surface area contributed by atoms with Crippen molar-refractivity contribution in [2.24, 2.45) is 5.92 Å². The second-order valence-electron chi connectivity index (χ2n) is 6.36.